The van der Waals surface area contributed by atoms with Gasteiger partial charge in [-0.15, -0.1) is 0 Å². The van der Waals surface area contributed by atoms with Crippen LogP contribution in [-0.2, 0) is 9.53 Å². The van der Waals surface area contributed by atoms with Gasteiger partial charge < -0.3 is 14.4 Å². The van der Waals surface area contributed by atoms with E-state index in [1.54, 1.807) is 14.2 Å². The Hall–Kier alpha value is -1.55. The molecule has 4 nitrogen and oxygen atoms in total. The average molecular weight is 289 g/mol. The third-order valence-electron chi connectivity index (χ3n) is 4.94. The topological polar surface area (TPSA) is 38.8 Å². The van der Waals surface area contributed by atoms with Crippen molar-refractivity contribution in [3.63, 3.8) is 0 Å². The maximum atomic E-state index is 12.9. The molecule has 1 saturated carbocycles. The molecule has 0 radical (unpaired) electrons. The van der Waals surface area contributed by atoms with Gasteiger partial charge in [0.25, 0.3) is 0 Å². The van der Waals surface area contributed by atoms with Crippen LogP contribution in [0.3, 0.4) is 0 Å². The number of ether oxygens (including phenoxy) is 2. The molecule has 1 heterocycles. The average Bonchev–Trinajstić information content (AvgIpc) is 2.41. The van der Waals surface area contributed by atoms with E-state index in [9.17, 15) is 4.79 Å². The maximum Gasteiger partial charge on any atom is 0.231 e. The van der Waals surface area contributed by atoms with E-state index in [2.05, 4.69) is 6.07 Å². The molecule has 0 aromatic heterocycles. The van der Waals surface area contributed by atoms with Crippen LogP contribution in [0.1, 0.15) is 37.3 Å². The Morgan fingerprint density at radius 2 is 2.19 bits per heavy atom. The Bertz CT molecular complexity index is 525. The van der Waals surface area contributed by atoms with Crippen molar-refractivity contribution in [1.82, 2.24) is 4.90 Å². The van der Waals surface area contributed by atoms with Crippen LogP contribution < -0.4 is 4.74 Å². The minimum absolute atomic E-state index is 0.196. The molecule has 1 aromatic carbocycles. The monoisotopic (exact) mass is 289 g/mol. The van der Waals surface area contributed by atoms with E-state index in [-0.39, 0.29) is 17.4 Å². The molecule has 1 aliphatic carbocycles. The summed E-state index contributed by atoms with van der Waals surface area (Å²) in [5.74, 6) is 1.12. The number of carbonyl (C=O) groups excluding carboxylic acids is 1. The predicted molar refractivity (Wildman–Crippen MR) is 80.2 cm³/mol. The van der Waals surface area contributed by atoms with Gasteiger partial charge >= 0.3 is 0 Å². The third kappa shape index (κ3) is 2.42. The van der Waals surface area contributed by atoms with Crippen molar-refractivity contribution in [2.75, 3.05) is 27.4 Å². The quantitative estimate of drug-likeness (QED) is 0.836. The minimum Gasteiger partial charge on any atom is -0.497 e. The number of likely N-dealkylation sites (tertiary alicyclic amines) is 1. The zero-order valence-electron chi connectivity index (χ0n) is 12.8. The normalized spacial score (nSPS) is 23.1. The molecule has 2 aliphatic rings. The van der Waals surface area contributed by atoms with Gasteiger partial charge in [-0.25, -0.2) is 0 Å². The lowest BCUT2D eigenvalue weighted by atomic mass is 9.67. The third-order valence-corrected chi connectivity index (χ3v) is 4.94. The van der Waals surface area contributed by atoms with Gasteiger partial charge in [0, 0.05) is 13.7 Å². The second kappa shape index (κ2) is 5.68. The number of methoxy groups -OCH3 is 2. The van der Waals surface area contributed by atoms with Crippen LogP contribution in [-0.4, -0.2) is 38.2 Å². The molecule has 1 aliphatic heterocycles. The van der Waals surface area contributed by atoms with E-state index in [1.165, 1.54) is 5.56 Å². The van der Waals surface area contributed by atoms with Gasteiger partial charge in [0.2, 0.25) is 5.91 Å². The molecule has 1 atom stereocenters. The van der Waals surface area contributed by atoms with Crippen molar-refractivity contribution >= 4 is 5.91 Å². The van der Waals surface area contributed by atoms with Crippen LogP contribution in [0.2, 0.25) is 0 Å². The van der Waals surface area contributed by atoms with E-state index in [1.807, 2.05) is 23.1 Å². The first kappa shape index (κ1) is 14.4. The Morgan fingerprint density at radius 1 is 1.38 bits per heavy atom. The summed E-state index contributed by atoms with van der Waals surface area (Å²) in [5.41, 5.74) is 0.910. The van der Waals surface area contributed by atoms with Gasteiger partial charge in [-0.2, -0.15) is 0 Å². The lowest BCUT2D eigenvalue weighted by molar-refractivity contribution is -0.160. The van der Waals surface area contributed by atoms with Crippen LogP contribution in [0.15, 0.2) is 24.3 Å². The molecular formula is C17H23NO3. The first-order valence-electron chi connectivity index (χ1n) is 7.64. The van der Waals surface area contributed by atoms with Gasteiger partial charge in [-0.05, 0) is 37.0 Å². The fourth-order valence-electron chi connectivity index (χ4n) is 3.43. The Kier molecular flexibility index (Phi) is 3.89. The van der Waals surface area contributed by atoms with Crippen molar-refractivity contribution < 1.29 is 14.3 Å². The number of benzene rings is 1. The minimum atomic E-state index is -0.258. The second-order valence-corrected chi connectivity index (χ2v) is 6.15. The molecule has 1 saturated heterocycles. The molecule has 0 spiro atoms. The molecule has 114 valence electrons. The Balaban J connectivity index is 1.76. The zero-order valence-corrected chi connectivity index (χ0v) is 12.8. The fraction of sp³-hybridized carbons (Fsp3) is 0.588. The Labute approximate surface area is 126 Å². The number of nitrogens with zero attached hydrogens (tertiary/aromatic N) is 1. The molecule has 3 rings (SSSR count). The molecule has 2 fully saturated rings. The van der Waals surface area contributed by atoms with E-state index >= 15 is 0 Å². The molecule has 4 heteroatoms. The molecule has 21 heavy (non-hydrogen) atoms. The summed E-state index contributed by atoms with van der Waals surface area (Å²) in [7, 11) is 3.35. The van der Waals surface area contributed by atoms with Crippen LogP contribution >= 0.6 is 0 Å². The van der Waals surface area contributed by atoms with Crippen molar-refractivity contribution in [2.24, 2.45) is 5.41 Å². The summed E-state index contributed by atoms with van der Waals surface area (Å²) in [4.78, 5) is 14.9. The van der Waals surface area contributed by atoms with Crippen molar-refractivity contribution in [3.8, 4) is 5.75 Å². The summed E-state index contributed by atoms with van der Waals surface area (Å²) >= 11 is 0. The highest BCUT2D eigenvalue weighted by molar-refractivity contribution is 5.85. The van der Waals surface area contributed by atoms with Crippen molar-refractivity contribution in [3.05, 3.63) is 29.8 Å². The van der Waals surface area contributed by atoms with Gasteiger partial charge in [0.1, 0.15) is 5.75 Å². The number of hydrogen-bond acceptors (Lipinski definition) is 3. The standard InChI is InChI=1S/C17H23NO3/c1-20-12-17(8-4-9-17)16(19)18-10-7-15(18)13-5-3-6-14(11-13)21-2/h3,5-6,11,15H,4,7-10,12H2,1-2H3. The number of carbonyl (C=O) groups is 1. The molecule has 1 amide bonds. The number of amides is 1. The SMILES string of the molecule is COCC1(C(=O)N2CCC2c2cccc(OC)c2)CCC1. The number of rotatable bonds is 5. The molecule has 1 unspecified atom stereocenters. The highest BCUT2D eigenvalue weighted by Gasteiger charge is 2.49. The smallest absolute Gasteiger partial charge is 0.231 e. The van der Waals surface area contributed by atoms with Crippen LogP contribution in [0.25, 0.3) is 0 Å². The van der Waals surface area contributed by atoms with Crippen molar-refractivity contribution in [2.45, 2.75) is 31.7 Å². The first-order valence-corrected chi connectivity index (χ1v) is 7.64. The Morgan fingerprint density at radius 3 is 2.71 bits per heavy atom. The van der Waals surface area contributed by atoms with Crippen LogP contribution in [0.4, 0.5) is 0 Å². The summed E-state index contributed by atoms with van der Waals surface area (Å²) in [6.07, 6.45) is 4.08. The first-order chi connectivity index (χ1) is 10.2. The summed E-state index contributed by atoms with van der Waals surface area (Å²) in [6, 6.07) is 8.24. The van der Waals surface area contributed by atoms with E-state index in [4.69, 9.17) is 9.47 Å². The molecule has 0 N–H and O–H groups in total. The van der Waals surface area contributed by atoms with Crippen LogP contribution in [0.5, 0.6) is 5.75 Å². The number of hydrogen-bond donors (Lipinski definition) is 0. The molecule has 1 aromatic rings. The van der Waals surface area contributed by atoms with E-state index < -0.39 is 0 Å². The highest BCUT2D eigenvalue weighted by Crippen LogP contribution is 2.46. The van der Waals surface area contributed by atoms with Gasteiger partial charge in [-0.3, -0.25) is 4.79 Å². The lowest BCUT2D eigenvalue weighted by Gasteiger charge is -2.49. The fourth-order valence-corrected chi connectivity index (χ4v) is 3.43. The lowest BCUT2D eigenvalue weighted by Crippen LogP contribution is -2.55. The van der Waals surface area contributed by atoms with Gasteiger partial charge in [0.15, 0.2) is 0 Å². The van der Waals surface area contributed by atoms with E-state index in [0.717, 1.165) is 38.0 Å². The van der Waals surface area contributed by atoms with Crippen LogP contribution in [0, 0.1) is 5.41 Å². The van der Waals surface area contributed by atoms with E-state index in [0.29, 0.717) is 6.61 Å². The van der Waals surface area contributed by atoms with Gasteiger partial charge in [-0.1, -0.05) is 18.6 Å². The summed E-state index contributed by atoms with van der Waals surface area (Å²) < 4.78 is 10.6. The maximum absolute atomic E-state index is 12.9. The molecular weight excluding hydrogens is 266 g/mol. The largest absolute Gasteiger partial charge is 0.497 e. The zero-order chi connectivity index (χ0) is 14.9. The van der Waals surface area contributed by atoms with Crippen molar-refractivity contribution in [1.29, 1.82) is 0 Å². The summed E-state index contributed by atoms with van der Waals surface area (Å²) in [5, 5.41) is 0. The second-order valence-electron chi connectivity index (χ2n) is 6.15. The molecule has 0 bridgehead atoms. The van der Waals surface area contributed by atoms with Gasteiger partial charge in [0.05, 0.1) is 25.2 Å². The predicted octanol–water partition coefficient (Wildman–Crippen LogP) is 2.79. The highest BCUT2D eigenvalue weighted by atomic mass is 16.5. The summed E-state index contributed by atoms with van der Waals surface area (Å²) in [6.45, 7) is 1.40.